The fourth-order valence-electron chi connectivity index (χ4n) is 3.61. The molecule has 5 rings (SSSR count). The molecule has 1 saturated carbocycles. The quantitative estimate of drug-likeness (QED) is 0.487. The lowest BCUT2D eigenvalue weighted by atomic mass is 10.0. The predicted molar refractivity (Wildman–Crippen MR) is 114 cm³/mol. The van der Waals surface area contributed by atoms with Gasteiger partial charge < -0.3 is 14.6 Å². The zero-order chi connectivity index (χ0) is 21.9. The van der Waals surface area contributed by atoms with Crippen molar-refractivity contribution in [2.24, 2.45) is 5.92 Å². The molecular weight excluding hydrogens is 428 g/mol. The molecule has 1 fully saturated rings. The SMILES string of the molecule is CCN(C)c1c(F)c(Cl)c(-c2cn3cc(NC(=O)C4CC4F)nc3cn2)c2cn[nH]c12. The van der Waals surface area contributed by atoms with Crippen molar-refractivity contribution in [2.75, 3.05) is 23.8 Å². The maximum Gasteiger partial charge on any atom is 0.231 e. The number of hydrogen-bond acceptors (Lipinski definition) is 5. The van der Waals surface area contributed by atoms with Gasteiger partial charge >= 0.3 is 0 Å². The number of hydrogen-bond donors (Lipinski definition) is 2. The molecule has 2 unspecified atom stereocenters. The van der Waals surface area contributed by atoms with E-state index < -0.39 is 23.8 Å². The molecule has 3 aromatic heterocycles. The number of alkyl halides is 1. The average Bonchev–Trinajstić information content (AvgIpc) is 3.12. The van der Waals surface area contributed by atoms with Gasteiger partial charge in [0.05, 0.1) is 40.7 Å². The number of nitrogens with one attached hydrogen (secondary N) is 2. The van der Waals surface area contributed by atoms with Gasteiger partial charge in [-0.2, -0.15) is 5.10 Å². The van der Waals surface area contributed by atoms with E-state index in [1.807, 2.05) is 6.92 Å². The van der Waals surface area contributed by atoms with Crippen LogP contribution in [0.3, 0.4) is 0 Å². The van der Waals surface area contributed by atoms with Crippen molar-refractivity contribution in [2.45, 2.75) is 19.5 Å². The summed E-state index contributed by atoms with van der Waals surface area (Å²) in [7, 11) is 1.77. The van der Waals surface area contributed by atoms with Gasteiger partial charge in [0.25, 0.3) is 0 Å². The lowest BCUT2D eigenvalue weighted by molar-refractivity contribution is -0.117. The molecular formula is C20H18ClF2N7O. The maximum atomic E-state index is 15.2. The molecule has 8 nitrogen and oxygen atoms in total. The number of aromatic amines is 1. The number of nitrogens with zero attached hydrogens (tertiary/aromatic N) is 5. The van der Waals surface area contributed by atoms with Crippen molar-refractivity contribution in [1.82, 2.24) is 24.6 Å². The highest BCUT2D eigenvalue weighted by atomic mass is 35.5. The van der Waals surface area contributed by atoms with Gasteiger partial charge in [0.15, 0.2) is 17.3 Å². The summed E-state index contributed by atoms with van der Waals surface area (Å²) in [5.74, 6) is -1.29. The van der Waals surface area contributed by atoms with Crippen molar-refractivity contribution in [3.63, 3.8) is 0 Å². The number of benzene rings is 1. The zero-order valence-corrected chi connectivity index (χ0v) is 17.4. The van der Waals surface area contributed by atoms with Gasteiger partial charge in [-0.25, -0.2) is 13.8 Å². The first-order valence-corrected chi connectivity index (χ1v) is 10.1. The first-order valence-electron chi connectivity index (χ1n) is 9.74. The Kier molecular flexibility index (Phi) is 4.54. The average molecular weight is 446 g/mol. The second-order valence-corrected chi connectivity index (χ2v) is 7.91. The van der Waals surface area contributed by atoms with Crippen molar-refractivity contribution in [1.29, 1.82) is 0 Å². The van der Waals surface area contributed by atoms with Gasteiger partial charge in [-0.3, -0.25) is 14.9 Å². The summed E-state index contributed by atoms with van der Waals surface area (Å²) in [4.78, 5) is 22.4. The Bertz CT molecular complexity index is 1330. The predicted octanol–water partition coefficient (Wildman–Crippen LogP) is 3.82. The minimum atomic E-state index is -1.09. The fourth-order valence-corrected chi connectivity index (χ4v) is 3.90. The third kappa shape index (κ3) is 3.18. The molecule has 0 bridgehead atoms. The van der Waals surface area contributed by atoms with Crippen molar-refractivity contribution in [3.05, 3.63) is 35.6 Å². The molecule has 0 radical (unpaired) electrons. The summed E-state index contributed by atoms with van der Waals surface area (Å²) >= 11 is 6.45. The number of anilines is 2. The number of carbonyl (C=O) groups is 1. The van der Waals surface area contributed by atoms with Gasteiger partial charge in [0.2, 0.25) is 5.91 Å². The van der Waals surface area contributed by atoms with Crippen LogP contribution in [0.4, 0.5) is 20.3 Å². The molecule has 0 aliphatic heterocycles. The molecule has 2 N–H and O–H groups in total. The summed E-state index contributed by atoms with van der Waals surface area (Å²) in [6.07, 6.45) is 5.45. The van der Waals surface area contributed by atoms with E-state index in [2.05, 4.69) is 25.5 Å². The third-order valence-electron chi connectivity index (χ3n) is 5.52. The van der Waals surface area contributed by atoms with Gasteiger partial charge in [-0.1, -0.05) is 11.6 Å². The van der Waals surface area contributed by atoms with E-state index in [0.29, 0.717) is 40.0 Å². The summed E-state index contributed by atoms with van der Waals surface area (Å²) in [5.41, 5.74) is 2.13. The highest BCUT2D eigenvalue weighted by Gasteiger charge is 2.43. The molecule has 1 aliphatic rings. The van der Waals surface area contributed by atoms with Gasteiger partial charge in [0.1, 0.15) is 11.9 Å². The van der Waals surface area contributed by atoms with E-state index in [9.17, 15) is 9.18 Å². The number of aromatic nitrogens is 5. The number of imidazole rings is 1. The van der Waals surface area contributed by atoms with E-state index >= 15 is 4.39 Å². The number of halogens is 3. The zero-order valence-electron chi connectivity index (χ0n) is 16.7. The number of rotatable bonds is 5. The first kappa shape index (κ1) is 19.7. The Balaban J connectivity index is 1.58. The van der Waals surface area contributed by atoms with E-state index in [0.717, 1.165) is 0 Å². The Morgan fingerprint density at radius 1 is 1.42 bits per heavy atom. The van der Waals surface area contributed by atoms with Crippen LogP contribution in [0.1, 0.15) is 13.3 Å². The van der Waals surface area contributed by atoms with Crippen molar-refractivity contribution < 1.29 is 13.6 Å². The largest absolute Gasteiger partial charge is 0.371 e. The van der Waals surface area contributed by atoms with E-state index in [1.54, 1.807) is 34.9 Å². The summed E-state index contributed by atoms with van der Waals surface area (Å²) in [5, 5.41) is 10.1. The summed E-state index contributed by atoms with van der Waals surface area (Å²) < 4.78 is 30.0. The number of carbonyl (C=O) groups excluding carboxylic acids is 1. The number of H-pyrrole nitrogens is 1. The van der Waals surface area contributed by atoms with Crippen LogP contribution < -0.4 is 10.2 Å². The summed E-state index contributed by atoms with van der Waals surface area (Å²) in [6.45, 7) is 2.49. The van der Waals surface area contributed by atoms with Crippen LogP contribution in [-0.4, -0.2) is 50.2 Å². The van der Waals surface area contributed by atoms with Crippen LogP contribution in [-0.2, 0) is 4.79 Å². The van der Waals surface area contributed by atoms with Gasteiger partial charge in [-0.15, -0.1) is 0 Å². The molecule has 11 heteroatoms. The van der Waals surface area contributed by atoms with Crippen LogP contribution in [0.25, 0.3) is 27.8 Å². The second kappa shape index (κ2) is 7.16. The van der Waals surface area contributed by atoms with Gasteiger partial charge in [-0.05, 0) is 13.3 Å². The van der Waals surface area contributed by atoms with Crippen LogP contribution in [0.2, 0.25) is 5.02 Å². The Labute approximate surface area is 180 Å². The highest BCUT2D eigenvalue weighted by molar-refractivity contribution is 6.35. The van der Waals surface area contributed by atoms with Crippen LogP contribution in [0, 0.1) is 11.7 Å². The minimum Gasteiger partial charge on any atom is -0.371 e. The molecule has 0 saturated heterocycles. The Hall–Kier alpha value is -3.27. The van der Waals surface area contributed by atoms with Crippen molar-refractivity contribution >= 4 is 45.6 Å². The first-order chi connectivity index (χ1) is 14.9. The molecule has 4 aromatic rings. The molecule has 2 atom stereocenters. The molecule has 160 valence electrons. The lowest BCUT2D eigenvalue weighted by Gasteiger charge is -2.20. The number of amides is 1. The van der Waals surface area contributed by atoms with Crippen LogP contribution >= 0.6 is 11.6 Å². The topological polar surface area (TPSA) is 91.2 Å². The summed E-state index contributed by atoms with van der Waals surface area (Å²) in [6, 6.07) is 0. The molecule has 1 amide bonds. The lowest BCUT2D eigenvalue weighted by Crippen LogP contribution is -2.18. The van der Waals surface area contributed by atoms with E-state index in [1.165, 1.54) is 6.20 Å². The molecule has 0 spiro atoms. The standard InChI is InChI=1S/C20H18ClF2N7O/c1-3-29(2)19-17(23)16(21)15(10-5-25-28-18(10)19)12-7-30-8-13(26-14(30)6-24-12)27-20(31)9-4-11(9)22/h5-9,11H,3-4H2,1-2H3,(H,25,28)(H,27,31). The maximum absolute atomic E-state index is 15.2. The number of fused-ring (bicyclic) bond motifs is 2. The van der Waals surface area contributed by atoms with Crippen LogP contribution in [0.5, 0.6) is 0 Å². The second-order valence-electron chi connectivity index (χ2n) is 7.54. The molecule has 1 aromatic carbocycles. The molecule has 1 aliphatic carbocycles. The fraction of sp³-hybridized carbons (Fsp3) is 0.300. The Morgan fingerprint density at radius 3 is 2.90 bits per heavy atom. The van der Waals surface area contributed by atoms with Crippen molar-refractivity contribution in [3.8, 4) is 11.3 Å². The monoisotopic (exact) mass is 445 g/mol. The van der Waals surface area contributed by atoms with E-state index in [4.69, 9.17) is 11.6 Å². The molecule has 31 heavy (non-hydrogen) atoms. The smallest absolute Gasteiger partial charge is 0.231 e. The minimum absolute atomic E-state index is 0.0626. The Morgan fingerprint density at radius 2 is 2.19 bits per heavy atom. The van der Waals surface area contributed by atoms with E-state index in [-0.39, 0.29) is 17.3 Å². The molecule has 3 heterocycles. The third-order valence-corrected chi connectivity index (χ3v) is 5.87. The normalized spacial score (nSPS) is 18.0. The van der Waals surface area contributed by atoms with Gasteiger partial charge in [0, 0.05) is 30.7 Å². The highest BCUT2D eigenvalue weighted by Crippen LogP contribution is 2.41. The van der Waals surface area contributed by atoms with Crippen LogP contribution in [0.15, 0.2) is 24.8 Å².